The molecule has 1 aromatic carbocycles. The minimum absolute atomic E-state index is 0.0129. The molecule has 21 heavy (non-hydrogen) atoms. The van der Waals surface area contributed by atoms with Crippen LogP contribution >= 0.6 is 0 Å². The largest absolute Gasteiger partial charge is 0.460 e. The van der Waals surface area contributed by atoms with Crippen molar-refractivity contribution in [2.75, 3.05) is 0 Å². The van der Waals surface area contributed by atoms with Crippen molar-refractivity contribution in [3.05, 3.63) is 57.9 Å². The van der Waals surface area contributed by atoms with E-state index in [1.165, 1.54) is 5.56 Å². The minimum atomic E-state index is -0.180. The molecule has 0 bridgehead atoms. The summed E-state index contributed by atoms with van der Waals surface area (Å²) in [4.78, 5) is 11.9. The van der Waals surface area contributed by atoms with Gasteiger partial charge >= 0.3 is 0 Å². The van der Waals surface area contributed by atoms with Gasteiger partial charge in [0.05, 0.1) is 0 Å². The Hall–Kier alpha value is -1.83. The number of hydrogen-bond donors (Lipinski definition) is 0. The van der Waals surface area contributed by atoms with Crippen molar-refractivity contribution in [3.63, 3.8) is 0 Å². The molecule has 0 spiro atoms. The minimum Gasteiger partial charge on any atom is -0.460 e. The van der Waals surface area contributed by atoms with Crippen LogP contribution in [0.4, 0.5) is 0 Å². The molecule has 0 aliphatic carbocycles. The fraction of sp³-hybridized carbons (Fsp3) is 0.421. The molecule has 0 atom stereocenters. The van der Waals surface area contributed by atoms with Gasteiger partial charge in [0.15, 0.2) is 5.43 Å². The summed E-state index contributed by atoms with van der Waals surface area (Å²) >= 11 is 0. The summed E-state index contributed by atoms with van der Waals surface area (Å²) in [7, 11) is 0. The Balaban J connectivity index is 2.48. The van der Waals surface area contributed by atoms with Crippen LogP contribution < -0.4 is 5.43 Å². The maximum Gasteiger partial charge on any atom is 0.185 e. The van der Waals surface area contributed by atoms with Gasteiger partial charge in [0.25, 0.3) is 0 Å². The Kier molecular flexibility index (Phi) is 3.83. The standard InChI is InChI=1S/C19H24O2/c1-18(2,3)14-9-7-13(8-10-14)16-11-15(20)12-17(21-16)19(4,5)6/h7-12H,1-6H3. The van der Waals surface area contributed by atoms with Crippen LogP contribution in [0.1, 0.15) is 52.9 Å². The lowest BCUT2D eigenvalue weighted by Crippen LogP contribution is -2.14. The number of rotatable bonds is 1. The van der Waals surface area contributed by atoms with Gasteiger partial charge in [-0.25, -0.2) is 0 Å². The molecule has 0 aliphatic rings. The predicted octanol–water partition coefficient (Wildman–Crippen LogP) is 4.90. The Bertz CT molecular complexity index is 677. The molecule has 2 heteroatoms. The van der Waals surface area contributed by atoms with Gasteiger partial charge in [-0.15, -0.1) is 0 Å². The van der Waals surface area contributed by atoms with Gasteiger partial charge < -0.3 is 4.42 Å². The van der Waals surface area contributed by atoms with E-state index < -0.39 is 0 Å². The summed E-state index contributed by atoms with van der Waals surface area (Å²) in [6.07, 6.45) is 0. The van der Waals surface area contributed by atoms with Crippen LogP contribution in [0.3, 0.4) is 0 Å². The zero-order valence-corrected chi connectivity index (χ0v) is 13.8. The normalized spacial score (nSPS) is 12.5. The van der Waals surface area contributed by atoms with Crippen molar-refractivity contribution < 1.29 is 4.42 Å². The second kappa shape index (κ2) is 5.18. The summed E-state index contributed by atoms with van der Waals surface area (Å²) in [5.41, 5.74) is 2.13. The lowest BCUT2D eigenvalue weighted by atomic mass is 9.86. The highest BCUT2D eigenvalue weighted by atomic mass is 16.3. The molecule has 2 aromatic rings. The Morgan fingerprint density at radius 2 is 1.38 bits per heavy atom. The van der Waals surface area contributed by atoms with E-state index in [1.807, 2.05) is 32.9 Å². The van der Waals surface area contributed by atoms with Crippen LogP contribution in [-0.2, 0) is 10.8 Å². The van der Waals surface area contributed by atoms with E-state index in [1.54, 1.807) is 12.1 Å². The first-order valence-corrected chi connectivity index (χ1v) is 7.34. The van der Waals surface area contributed by atoms with Gasteiger partial charge in [0, 0.05) is 23.1 Å². The van der Waals surface area contributed by atoms with Crippen molar-refractivity contribution in [1.82, 2.24) is 0 Å². The Labute approximate surface area is 126 Å². The van der Waals surface area contributed by atoms with Crippen molar-refractivity contribution in [1.29, 1.82) is 0 Å². The first-order chi connectivity index (χ1) is 9.57. The summed E-state index contributed by atoms with van der Waals surface area (Å²) in [6.45, 7) is 12.7. The average Bonchev–Trinajstić information content (AvgIpc) is 2.36. The second-order valence-electron chi connectivity index (χ2n) is 7.60. The second-order valence-corrected chi connectivity index (χ2v) is 7.60. The lowest BCUT2D eigenvalue weighted by molar-refractivity contribution is 0.404. The zero-order chi connectivity index (χ0) is 15.8. The molecule has 0 saturated heterocycles. The molecular formula is C19H24O2. The van der Waals surface area contributed by atoms with Crippen molar-refractivity contribution in [3.8, 4) is 11.3 Å². The van der Waals surface area contributed by atoms with Crippen LogP contribution in [0.25, 0.3) is 11.3 Å². The lowest BCUT2D eigenvalue weighted by Gasteiger charge is -2.20. The van der Waals surface area contributed by atoms with Gasteiger partial charge in [-0.2, -0.15) is 0 Å². The molecule has 112 valence electrons. The van der Waals surface area contributed by atoms with E-state index >= 15 is 0 Å². The molecule has 0 amide bonds. The molecule has 0 fully saturated rings. The first-order valence-electron chi connectivity index (χ1n) is 7.34. The van der Waals surface area contributed by atoms with Gasteiger partial charge in [0.1, 0.15) is 11.5 Å². The predicted molar refractivity (Wildman–Crippen MR) is 87.8 cm³/mol. The SMILES string of the molecule is CC(C)(C)c1ccc(-c2cc(=O)cc(C(C)(C)C)o2)cc1. The molecule has 2 rings (SSSR count). The van der Waals surface area contributed by atoms with Crippen LogP contribution in [0.15, 0.2) is 45.6 Å². The van der Waals surface area contributed by atoms with Gasteiger partial charge in [-0.1, -0.05) is 65.8 Å². The highest BCUT2D eigenvalue weighted by Gasteiger charge is 2.19. The third-order valence-electron chi connectivity index (χ3n) is 3.54. The third-order valence-corrected chi connectivity index (χ3v) is 3.54. The number of benzene rings is 1. The fourth-order valence-corrected chi connectivity index (χ4v) is 2.12. The summed E-state index contributed by atoms with van der Waals surface area (Å²) in [5.74, 6) is 1.35. The number of hydrogen-bond acceptors (Lipinski definition) is 2. The molecule has 0 unspecified atom stereocenters. The van der Waals surface area contributed by atoms with Gasteiger partial charge in [0.2, 0.25) is 0 Å². The van der Waals surface area contributed by atoms with Crippen molar-refractivity contribution >= 4 is 0 Å². The van der Waals surface area contributed by atoms with Crippen molar-refractivity contribution in [2.24, 2.45) is 0 Å². The highest BCUT2D eigenvalue weighted by Crippen LogP contribution is 2.28. The summed E-state index contributed by atoms with van der Waals surface area (Å²) < 4.78 is 5.93. The van der Waals surface area contributed by atoms with E-state index in [-0.39, 0.29) is 16.3 Å². The summed E-state index contributed by atoms with van der Waals surface area (Å²) in [5, 5.41) is 0. The molecule has 0 saturated carbocycles. The van der Waals surface area contributed by atoms with Gasteiger partial charge in [-0.3, -0.25) is 4.79 Å². The average molecular weight is 284 g/mol. The van der Waals surface area contributed by atoms with Crippen molar-refractivity contribution in [2.45, 2.75) is 52.4 Å². The van der Waals surface area contributed by atoms with E-state index in [0.717, 1.165) is 5.56 Å². The molecular weight excluding hydrogens is 260 g/mol. The maximum absolute atomic E-state index is 11.9. The van der Waals surface area contributed by atoms with Crippen LogP contribution in [0, 0.1) is 0 Å². The smallest absolute Gasteiger partial charge is 0.185 e. The Morgan fingerprint density at radius 1 is 0.810 bits per heavy atom. The fourth-order valence-electron chi connectivity index (χ4n) is 2.12. The Morgan fingerprint density at radius 3 is 1.86 bits per heavy atom. The van der Waals surface area contributed by atoms with Crippen LogP contribution in [-0.4, -0.2) is 0 Å². The van der Waals surface area contributed by atoms with Gasteiger partial charge in [-0.05, 0) is 11.0 Å². The summed E-state index contributed by atoms with van der Waals surface area (Å²) in [6, 6.07) is 11.4. The quantitative estimate of drug-likeness (QED) is 0.745. The highest BCUT2D eigenvalue weighted by molar-refractivity contribution is 5.57. The molecule has 1 aromatic heterocycles. The maximum atomic E-state index is 11.9. The molecule has 0 N–H and O–H groups in total. The van der Waals surface area contributed by atoms with E-state index in [2.05, 4.69) is 32.9 Å². The van der Waals surface area contributed by atoms with E-state index in [9.17, 15) is 4.79 Å². The zero-order valence-electron chi connectivity index (χ0n) is 13.8. The monoisotopic (exact) mass is 284 g/mol. The van der Waals surface area contributed by atoms with E-state index in [0.29, 0.717) is 11.5 Å². The topological polar surface area (TPSA) is 30.2 Å². The van der Waals surface area contributed by atoms with Crippen LogP contribution in [0.5, 0.6) is 0 Å². The molecule has 1 heterocycles. The van der Waals surface area contributed by atoms with E-state index in [4.69, 9.17) is 4.42 Å². The molecule has 2 nitrogen and oxygen atoms in total. The van der Waals surface area contributed by atoms with Crippen LogP contribution in [0.2, 0.25) is 0 Å². The first kappa shape index (κ1) is 15.6. The molecule has 0 radical (unpaired) electrons. The molecule has 0 aliphatic heterocycles. The third kappa shape index (κ3) is 3.63.